The minimum absolute atomic E-state index is 0.577. The van der Waals surface area contributed by atoms with Crippen LogP contribution in [0.15, 0.2) is 64.2 Å². The number of unbranched alkanes of at least 4 members (excludes halogenated alkanes) is 2. The van der Waals surface area contributed by atoms with E-state index in [0.29, 0.717) is 12.4 Å². The highest BCUT2D eigenvalue weighted by atomic mass is 32.2. The molecule has 6 nitrogen and oxygen atoms in total. The van der Waals surface area contributed by atoms with Crippen LogP contribution in [0.4, 0.5) is 0 Å². The number of carbonyl (C=O) groups is 1. The Balaban J connectivity index is 2.29. The molecule has 2 N–H and O–H groups in total. The maximum Gasteiger partial charge on any atom is 0.319 e. The Kier molecular flexibility index (Phi) is 10.8. The Morgan fingerprint density at radius 2 is 1.83 bits per heavy atom. The van der Waals surface area contributed by atoms with Crippen molar-refractivity contribution in [3.05, 3.63) is 65.2 Å². The molecular weight excluding hydrogens is 456 g/mol. The summed E-state index contributed by atoms with van der Waals surface area (Å²) in [6.07, 6.45) is 9.67. The molecule has 0 bridgehead atoms. The van der Waals surface area contributed by atoms with Gasteiger partial charge in [0.25, 0.3) is 0 Å². The lowest BCUT2D eigenvalue weighted by atomic mass is 10.1. The first-order valence-electron chi connectivity index (χ1n) is 12.3. The molecule has 0 aliphatic carbocycles. The number of allylic oxidation sites excluding steroid dienone is 5. The molecule has 35 heavy (non-hydrogen) atoms. The van der Waals surface area contributed by atoms with Gasteiger partial charge in [-0.05, 0) is 71.7 Å². The van der Waals surface area contributed by atoms with Gasteiger partial charge in [0.1, 0.15) is 10.6 Å². The van der Waals surface area contributed by atoms with E-state index in [1.54, 1.807) is 13.8 Å². The van der Waals surface area contributed by atoms with Crippen LogP contribution in [0.1, 0.15) is 73.6 Å². The highest BCUT2D eigenvalue weighted by molar-refractivity contribution is 8.01. The molecule has 0 saturated carbocycles. The number of nitrogens with one attached hydrogen (secondary N) is 1. The summed E-state index contributed by atoms with van der Waals surface area (Å²) >= 11 is 1.33. The Morgan fingerprint density at radius 3 is 2.40 bits per heavy atom. The third-order valence-electron chi connectivity index (χ3n) is 5.60. The molecule has 1 aromatic heterocycles. The molecule has 2 rings (SSSR count). The zero-order valence-electron chi connectivity index (χ0n) is 22.2. The lowest BCUT2D eigenvalue weighted by molar-refractivity contribution is -0.138. The van der Waals surface area contributed by atoms with Crippen molar-refractivity contribution >= 4 is 17.7 Å². The summed E-state index contributed by atoms with van der Waals surface area (Å²) < 4.78 is 1.12. The summed E-state index contributed by atoms with van der Waals surface area (Å²) in [5.74, 6) is 0.751. The third-order valence-corrected chi connectivity index (χ3v) is 6.79. The van der Waals surface area contributed by atoms with Crippen molar-refractivity contribution in [2.75, 3.05) is 0 Å². The fourth-order valence-corrected chi connectivity index (χ4v) is 4.19. The molecule has 1 aromatic carbocycles. The van der Waals surface area contributed by atoms with E-state index >= 15 is 0 Å². The predicted molar refractivity (Wildman–Crippen MR) is 146 cm³/mol. The topological polar surface area (TPSA) is 80.0 Å². The lowest BCUT2D eigenvalue weighted by Crippen LogP contribution is -2.26. The van der Waals surface area contributed by atoms with E-state index in [-0.39, 0.29) is 0 Å². The first-order valence-corrected chi connectivity index (χ1v) is 13.1. The van der Waals surface area contributed by atoms with Crippen LogP contribution in [0.3, 0.4) is 0 Å². The maximum atomic E-state index is 11.4. The van der Waals surface area contributed by atoms with Crippen LogP contribution < -0.4 is 5.32 Å². The highest BCUT2D eigenvalue weighted by Gasteiger charge is 2.28. The van der Waals surface area contributed by atoms with Crippen molar-refractivity contribution < 1.29 is 9.90 Å². The number of aromatic nitrogens is 3. The minimum Gasteiger partial charge on any atom is -0.480 e. The van der Waals surface area contributed by atoms with Crippen LogP contribution in [0.2, 0.25) is 0 Å². The molecule has 0 amide bonds. The molecule has 0 atom stereocenters. The SMILES string of the molecule is C/C=C(C)\C(=C/C=C(C)C)NCc1nc(-c2ccc(SC(C)(C)C(=O)O)cc2)nn1CCCCC. The number of aryl methyl sites for hydroxylation is 1. The van der Waals surface area contributed by atoms with Crippen molar-refractivity contribution in [3.8, 4) is 11.4 Å². The second kappa shape index (κ2) is 13.3. The van der Waals surface area contributed by atoms with Gasteiger partial charge >= 0.3 is 5.97 Å². The number of rotatable bonds is 13. The molecule has 0 saturated heterocycles. The predicted octanol–water partition coefficient (Wildman–Crippen LogP) is 7.00. The van der Waals surface area contributed by atoms with Crippen molar-refractivity contribution in [1.82, 2.24) is 20.1 Å². The molecule has 0 fully saturated rings. The summed E-state index contributed by atoms with van der Waals surface area (Å²) in [5.41, 5.74) is 4.41. The Labute approximate surface area is 214 Å². The largest absolute Gasteiger partial charge is 0.480 e. The molecule has 1 heterocycles. The van der Waals surface area contributed by atoms with Crippen LogP contribution in [-0.4, -0.2) is 30.6 Å². The monoisotopic (exact) mass is 496 g/mol. The van der Waals surface area contributed by atoms with Crippen LogP contribution in [0, 0.1) is 0 Å². The van der Waals surface area contributed by atoms with Crippen molar-refractivity contribution in [2.45, 2.75) is 90.5 Å². The molecule has 0 aliphatic heterocycles. The number of hydrogen-bond acceptors (Lipinski definition) is 5. The standard InChI is InChI=1S/C28H40N4O2S/c1-8-10-11-18-32-25(19-29-24(21(5)9-2)17-12-20(3)4)30-26(31-32)22-13-15-23(16-14-22)35-28(6,7)27(33)34/h9,12-17,29H,8,10-11,18-19H2,1-7H3,(H,33,34)/b21-9-,24-17+. The van der Waals surface area contributed by atoms with Gasteiger partial charge in [-0.3, -0.25) is 4.79 Å². The number of carboxylic acids is 1. The number of thioether (sulfide) groups is 1. The number of benzene rings is 1. The van der Waals surface area contributed by atoms with Crippen LogP contribution >= 0.6 is 11.8 Å². The van der Waals surface area contributed by atoms with E-state index in [9.17, 15) is 9.90 Å². The second-order valence-electron chi connectivity index (χ2n) is 9.37. The smallest absolute Gasteiger partial charge is 0.319 e. The normalized spacial score (nSPS) is 12.5. The zero-order chi connectivity index (χ0) is 26.0. The van der Waals surface area contributed by atoms with Gasteiger partial charge in [-0.25, -0.2) is 9.67 Å². The van der Waals surface area contributed by atoms with Gasteiger partial charge in [0, 0.05) is 22.7 Å². The summed E-state index contributed by atoms with van der Waals surface area (Å²) in [5, 5.41) is 17.8. The van der Waals surface area contributed by atoms with Gasteiger partial charge in [-0.15, -0.1) is 11.8 Å². The van der Waals surface area contributed by atoms with E-state index < -0.39 is 10.7 Å². The molecule has 0 aliphatic rings. The highest BCUT2D eigenvalue weighted by Crippen LogP contribution is 2.33. The van der Waals surface area contributed by atoms with Gasteiger partial charge in [-0.1, -0.05) is 49.6 Å². The number of nitrogens with zero attached hydrogens (tertiary/aromatic N) is 3. The van der Waals surface area contributed by atoms with Crippen LogP contribution in [-0.2, 0) is 17.9 Å². The Hall–Kier alpha value is -2.80. The van der Waals surface area contributed by atoms with E-state index in [1.807, 2.05) is 35.9 Å². The summed E-state index contributed by atoms with van der Waals surface area (Å²) in [4.78, 5) is 17.2. The van der Waals surface area contributed by atoms with Crippen molar-refractivity contribution in [1.29, 1.82) is 0 Å². The Bertz CT molecular complexity index is 1070. The summed E-state index contributed by atoms with van der Waals surface area (Å²) in [7, 11) is 0. The third kappa shape index (κ3) is 8.73. The minimum atomic E-state index is -0.888. The molecule has 0 unspecified atom stereocenters. The maximum absolute atomic E-state index is 11.4. The van der Waals surface area contributed by atoms with Gasteiger partial charge in [0.2, 0.25) is 0 Å². The van der Waals surface area contributed by atoms with Crippen LogP contribution in [0.5, 0.6) is 0 Å². The van der Waals surface area contributed by atoms with E-state index in [1.165, 1.54) is 22.9 Å². The van der Waals surface area contributed by atoms with Gasteiger partial charge in [0.15, 0.2) is 5.82 Å². The molecule has 0 spiro atoms. The van der Waals surface area contributed by atoms with Gasteiger partial charge < -0.3 is 10.4 Å². The Morgan fingerprint density at radius 1 is 1.14 bits per heavy atom. The average Bonchev–Trinajstić information content (AvgIpc) is 3.21. The summed E-state index contributed by atoms with van der Waals surface area (Å²) in [6.45, 7) is 15.3. The number of aliphatic carboxylic acids is 1. The van der Waals surface area contributed by atoms with E-state index in [0.717, 1.165) is 47.8 Å². The first-order chi connectivity index (χ1) is 16.6. The molecule has 190 valence electrons. The lowest BCUT2D eigenvalue weighted by Gasteiger charge is -2.18. The number of hydrogen-bond donors (Lipinski definition) is 2. The fourth-order valence-electron chi connectivity index (χ4n) is 3.24. The van der Waals surface area contributed by atoms with Gasteiger partial charge in [0.05, 0.1) is 6.54 Å². The quantitative estimate of drug-likeness (QED) is 0.177. The fraction of sp³-hybridized carbons (Fsp3) is 0.464. The molecular formula is C28H40N4O2S. The van der Waals surface area contributed by atoms with E-state index in [4.69, 9.17) is 10.1 Å². The molecule has 7 heteroatoms. The van der Waals surface area contributed by atoms with Crippen molar-refractivity contribution in [3.63, 3.8) is 0 Å². The number of carboxylic acid groups (broad SMARTS) is 1. The second-order valence-corrected chi connectivity index (χ2v) is 11.1. The van der Waals surface area contributed by atoms with E-state index in [2.05, 4.69) is 51.2 Å². The zero-order valence-corrected chi connectivity index (χ0v) is 23.0. The summed E-state index contributed by atoms with van der Waals surface area (Å²) in [6, 6.07) is 7.81. The molecule has 2 aromatic rings. The van der Waals surface area contributed by atoms with Crippen LogP contribution in [0.25, 0.3) is 11.4 Å². The first kappa shape index (κ1) is 28.4. The van der Waals surface area contributed by atoms with Gasteiger partial charge in [-0.2, -0.15) is 5.10 Å². The van der Waals surface area contributed by atoms with Crippen molar-refractivity contribution in [2.24, 2.45) is 0 Å². The molecule has 0 radical (unpaired) electrons. The average molecular weight is 497 g/mol.